The Balaban J connectivity index is 1.92. The Bertz CT molecular complexity index is 473. The average molecular weight is 280 g/mol. The first-order valence-electron chi connectivity index (χ1n) is 6.99. The van der Waals surface area contributed by atoms with E-state index in [0.717, 1.165) is 32.2 Å². The Morgan fingerprint density at radius 3 is 2.75 bits per heavy atom. The molecule has 1 aromatic rings. The van der Waals surface area contributed by atoms with Gasteiger partial charge in [-0.25, -0.2) is 9.18 Å². The zero-order valence-electron chi connectivity index (χ0n) is 11.8. The number of aromatic carboxylic acids is 1. The molecule has 0 saturated carbocycles. The van der Waals surface area contributed by atoms with E-state index in [1.807, 2.05) is 7.05 Å². The highest BCUT2D eigenvalue weighted by molar-refractivity contribution is 5.89. The van der Waals surface area contributed by atoms with Gasteiger partial charge in [-0.15, -0.1) is 0 Å². The Morgan fingerprint density at radius 2 is 2.10 bits per heavy atom. The number of likely N-dealkylation sites (N-methyl/N-ethyl adjacent to an activating group) is 1. The molecule has 0 amide bonds. The normalized spacial score (nSPS) is 15.9. The number of rotatable bonds is 6. The number of halogens is 1. The zero-order chi connectivity index (χ0) is 14.5. The van der Waals surface area contributed by atoms with E-state index in [1.54, 1.807) is 6.07 Å². The van der Waals surface area contributed by atoms with E-state index in [0.29, 0.717) is 12.1 Å². The van der Waals surface area contributed by atoms with Gasteiger partial charge >= 0.3 is 5.97 Å². The summed E-state index contributed by atoms with van der Waals surface area (Å²) < 4.78 is 13.1. The van der Waals surface area contributed by atoms with Crippen molar-refractivity contribution in [3.63, 3.8) is 0 Å². The van der Waals surface area contributed by atoms with E-state index < -0.39 is 11.8 Å². The van der Waals surface area contributed by atoms with Crippen molar-refractivity contribution in [3.05, 3.63) is 35.1 Å². The lowest BCUT2D eigenvalue weighted by Gasteiger charge is -2.22. The summed E-state index contributed by atoms with van der Waals surface area (Å²) in [6.07, 6.45) is 2.54. The second-order valence-corrected chi connectivity index (χ2v) is 5.39. The fourth-order valence-corrected chi connectivity index (χ4v) is 2.57. The number of nitrogens with zero attached hydrogens (tertiary/aromatic N) is 2. The van der Waals surface area contributed by atoms with Crippen molar-refractivity contribution < 1.29 is 14.3 Å². The molecular formula is C15H21FN2O2. The Kier molecular flexibility index (Phi) is 5.09. The number of likely N-dealkylation sites (tertiary alicyclic amines) is 1. The van der Waals surface area contributed by atoms with Gasteiger partial charge in [-0.05, 0) is 50.7 Å². The minimum Gasteiger partial charge on any atom is -0.478 e. The van der Waals surface area contributed by atoms with Crippen molar-refractivity contribution in [2.24, 2.45) is 0 Å². The van der Waals surface area contributed by atoms with Crippen LogP contribution in [-0.2, 0) is 6.54 Å². The van der Waals surface area contributed by atoms with Crippen LogP contribution < -0.4 is 0 Å². The molecule has 1 heterocycles. The van der Waals surface area contributed by atoms with Crippen LogP contribution in [0.1, 0.15) is 28.8 Å². The van der Waals surface area contributed by atoms with Crippen molar-refractivity contribution in [3.8, 4) is 0 Å². The third kappa shape index (κ3) is 4.02. The van der Waals surface area contributed by atoms with Crippen LogP contribution in [0.15, 0.2) is 18.2 Å². The average Bonchev–Trinajstić information content (AvgIpc) is 2.91. The van der Waals surface area contributed by atoms with Crippen molar-refractivity contribution in [1.29, 1.82) is 0 Å². The molecule has 1 aromatic carbocycles. The fourth-order valence-electron chi connectivity index (χ4n) is 2.57. The van der Waals surface area contributed by atoms with E-state index in [-0.39, 0.29) is 5.56 Å². The van der Waals surface area contributed by atoms with E-state index >= 15 is 0 Å². The zero-order valence-corrected chi connectivity index (χ0v) is 11.8. The first-order chi connectivity index (χ1) is 9.56. The molecule has 1 saturated heterocycles. The summed E-state index contributed by atoms with van der Waals surface area (Å²) in [4.78, 5) is 15.6. The molecule has 5 heteroatoms. The van der Waals surface area contributed by atoms with Gasteiger partial charge in [0.2, 0.25) is 0 Å². The smallest absolute Gasteiger partial charge is 0.336 e. The van der Waals surface area contributed by atoms with Crippen molar-refractivity contribution in [2.75, 3.05) is 33.2 Å². The summed E-state index contributed by atoms with van der Waals surface area (Å²) in [6, 6.07) is 3.97. The summed E-state index contributed by atoms with van der Waals surface area (Å²) in [6.45, 7) is 4.72. The first-order valence-corrected chi connectivity index (χ1v) is 6.99. The summed E-state index contributed by atoms with van der Waals surface area (Å²) >= 11 is 0. The molecule has 0 atom stereocenters. The third-order valence-corrected chi connectivity index (χ3v) is 3.74. The van der Waals surface area contributed by atoms with E-state index in [4.69, 9.17) is 5.11 Å². The molecule has 0 spiro atoms. The quantitative estimate of drug-likeness (QED) is 0.866. The van der Waals surface area contributed by atoms with Gasteiger partial charge in [-0.1, -0.05) is 6.07 Å². The standard InChI is InChI=1S/C15H21FN2O2/c1-17(8-9-18-6-2-3-7-18)11-12-4-5-13(16)10-14(12)15(19)20/h4-5,10H,2-3,6-9,11H2,1H3,(H,19,20). The van der Waals surface area contributed by atoms with Gasteiger partial charge in [0.25, 0.3) is 0 Å². The SMILES string of the molecule is CN(CCN1CCCC1)Cc1ccc(F)cc1C(=O)O. The van der Waals surface area contributed by atoms with Crippen LogP contribution in [0.3, 0.4) is 0 Å². The molecule has 2 rings (SSSR count). The molecule has 0 bridgehead atoms. The number of carboxylic acid groups (broad SMARTS) is 1. The summed E-state index contributed by atoms with van der Waals surface area (Å²) in [5, 5.41) is 9.11. The molecule has 0 radical (unpaired) electrons. The van der Waals surface area contributed by atoms with Crippen LogP contribution >= 0.6 is 0 Å². The molecule has 1 fully saturated rings. The van der Waals surface area contributed by atoms with Gasteiger partial charge in [0.15, 0.2) is 0 Å². The molecule has 0 aromatic heterocycles. The maximum Gasteiger partial charge on any atom is 0.336 e. The molecule has 110 valence electrons. The van der Waals surface area contributed by atoms with Crippen molar-refractivity contribution >= 4 is 5.97 Å². The third-order valence-electron chi connectivity index (χ3n) is 3.74. The van der Waals surface area contributed by atoms with Gasteiger partial charge in [-0.2, -0.15) is 0 Å². The lowest BCUT2D eigenvalue weighted by molar-refractivity contribution is 0.0694. The van der Waals surface area contributed by atoms with Crippen LogP contribution in [0.25, 0.3) is 0 Å². The Hall–Kier alpha value is -1.46. The molecule has 0 aliphatic carbocycles. The lowest BCUT2D eigenvalue weighted by Crippen LogP contribution is -2.31. The van der Waals surface area contributed by atoms with E-state index in [9.17, 15) is 9.18 Å². The van der Waals surface area contributed by atoms with E-state index in [2.05, 4.69) is 9.80 Å². The highest BCUT2D eigenvalue weighted by Gasteiger charge is 2.15. The fraction of sp³-hybridized carbons (Fsp3) is 0.533. The number of carboxylic acids is 1. The molecule has 4 nitrogen and oxygen atoms in total. The number of hydrogen-bond donors (Lipinski definition) is 1. The predicted octanol–water partition coefficient (Wildman–Crippen LogP) is 2.05. The van der Waals surface area contributed by atoms with Crippen LogP contribution in [0, 0.1) is 5.82 Å². The molecule has 1 aliphatic rings. The van der Waals surface area contributed by atoms with Crippen LogP contribution in [0.2, 0.25) is 0 Å². The highest BCUT2D eigenvalue weighted by Crippen LogP contribution is 2.14. The van der Waals surface area contributed by atoms with Crippen molar-refractivity contribution in [1.82, 2.24) is 9.80 Å². The maximum absolute atomic E-state index is 13.1. The number of hydrogen-bond acceptors (Lipinski definition) is 3. The van der Waals surface area contributed by atoms with Crippen LogP contribution in [-0.4, -0.2) is 54.1 Å². The van der Waals surface area contributed by atoms with Gasteiger partial charge in [-0.3, -0.25) is 0 Å². The predicted molar refractivity (Wildman–Crippen MR) is 75.4 cm³/mol. The Morgan fingerprint density at radius 1 is 1.40 bits per heavy atom. The Labute approximate surface area is 118 Å². The number of carbonyl (C=O) groups is 1. The molecule has 1 aliphatic heterocycles. The minimum atomic E-state index is -1.08. The minimum absolute atomic E-state index is 0.0537. The molecule has 0 unspecified atom stereocenters. The second-order valence-electron chi connectivity index (χ2n) is 5.39. The van der Waals surface area contributed by atoms with Gasteiger partial charge < -0.3 is 14.9 Å². The molecular weight excluding hydrogens is 259 g/mol. The largest absolute Gasteiger partial charge is 0.478 e. The van der Waals surface area contributed by atoms with Gasteiger partial charge in [0, 0.05) is 19.6 Å². The van der Waals surface area contributed by atoms with Gasteiger partial charge in [0.05, 0.1) is 5.56 Å². The monoisotopic (exact) mass is 280 g/mol. The van der Waals surface area contributed by atoms with Crippen LogP contribution in [0.4, 0.5) is 4.39 Å². The first kappa shape index (κ1) is 14.9. The topological polar surface area (TPSA) is 43.8 Å². The van der Waals surface area contributed by atoms with Gasteiger partial charge in [0.1, 0.15) is 5.82 Å². The second kappa shape index (κ2) is 6.81. The highest BCUT2D eigenvalue weighted by atomic mass is 19.1. The summed E-state index contributed by atoms with van der Waals surface area (Å²) in [5.41, 5.74) is 0.709. The summed E-state index contributed by atoms with van der Waals surface area (Å²) in [7, 11) is 1.96. The molecule has 20 heavy (non-hydrogen) atoms. The summed E-state index contributed by atoms with van der Waals surface area (Å²) in [5.74, 6) is -1.58. The lowest BCUT2D eigenvalue weighted by atomic mass is 10.1. The van der Waals surface area contributed by atoms with E-state index in [1.165, 1.54) is 18.9 Å². The van der Waals surface area contributed by atoms with Crippen molar-refractivity contribution in [2.45, 2.75) is 19.4 Å². The molecule has 1 N–H and O–H groups in total. The maximum atomic E-state index is 13.1. The van der Waals surface area contributed by atoms with Crippen LogP contribution in [0.5, 0.6) is 0 Å². The number of benzene rings is 1.